The molecule has 0 saturated heterocycles. The Morgan fingerprint density at radius 2 is 1.70 bits per heavy atom. The molecule has 0 aliphatic heterocycles. The molecule has 4 aliphatic rings. The number of aromatic nitrogens is 1. The van der Waals surface area contributed by atoms with Gasteiger partial charge >= 0.3 is 0 Å². The third-order valence-corrected chi connectivity index (χ3v) is 6.61. The predicted molar refractivity (Wildman–Crippen MR) is 92.6 cm³/mol. The standard InChI is InChI=1S/C20H24N2O/c1-23-16-7-15-2-3-18(22-19(15)17(21)8-16)20-9-12-4-13(10-20)6-14(5-12)11-20/h2-3,7-8,12-14H,4-6,9-11,21H2,1H3. The number of ether oxygens (including phenoxy) is 1. The minimum absolute atomic E-state index is 0.329. The average Bonchev–Trinajstić information content (AvgIpc) is 2.53. The fraction of sp³-hybridized carbons (Fsp3) is 0.550. The van der Waals surface area contributed by atoms with Gasteiger partial charge in [0.25, 0.3) is 0 Å². The van der Waals surface area contributed by atoms with Gasteiger partial charge in [-0.3, -0.25) is 4.98 Å². The normalized spacial score (nSPS) is 34.9. The molecule has 0 atom stereocenters. The molecule has 120 valence electrons. The van der Waals surface area contributed by atoms with Gasteiger partial charge in [0, 0.05) is 22.6 Å². The number of nitrogen functional groups attached to an aromatic ring is 1. The molecule has 4 aliphatic carbocycles. The fourth-order valence-corrected chi connectivity index (χ4v) is 6.07. The third kappa shape index (κ3) is 1.98. The lowest BCUT2D eigenvalue weighted by atomic mass is 9.49. The van der Waals surface area contributed by atoms with E-state index in [0.717, 1.165) is 40.1 Å². The van der Waals surface area contributed by atoms with E-state index in [9.17, 15) is 0 Å². The summed E-state index contributed by atoms with van der Waals surface area (Å²) in [5.41, 5.74) is 9.54. The van der Waals surface area contributed by atoms with E-state index in [0.29, 0.717) is 5.41 Å². The smallest absolute Gasteiger partial charge is 0.121 e. The van der Waals surface area contributed by atoms with Crippen molar-refractivity contribution in [3.05, 3.63) is 30.0 Å². The van der Waals surface area contributed by atoms with Crippen LogP contribution in [0.5, 0.6) is 5.75 Å². The number of fused-ring (bicyclic) bond motifs is 1. The molecular formula is C20H24N2O. The first kappa shape index (κ1) is 13.6. The largest absolute Gasteiger partial charge is 0.497 e. The van der Waals surface area contributed by atoms with Crippen LogP contribution >= 0.6 is 0 Å². The van der Waals surface area contributed by atoms with Crippen molar-refractivity contribution < 1.29 is 4.74 Å². The number of hydrogen-bond acceptors (Lipinski definition) is 3. The summed E-state index contributed by atoms with van der Waals surface area (Å²) in [6.07, 6.45) is 8.42. The molecule has 2 aromatic rings. The quantitative estimate of drug-likeness (QED) is 0.842. The molecule has 1 heterocycles. The summed E-state index contributed by atoms with van der Waals surface area (Å²) < 4.78 is 5.33. The number of rotatable bonds is 2. The van der Waals surface area contributed by atoms with Crippen molar-refractivity contribution in [1.82, 2.24) is 4.98 Å². The molecule has 2 N–H and O–H groups in total. The summed E-state index contributed by atoms with van der Waals surface area (Å²) in [6, 6.07) is 8.37. The molecule has 4 saturated carbocycles. The highest BCUT2D eigenvalue weighted by Gasteiger charge is 2.52. The Hall–Kier alpha value is -1.77. The molecule has 1 aromatic heterocycles. The molecule has 23 heavy (non-hydrogen) atoms. The number of methoxy groups -OCH3 is 1. The maximum atomic E-state index is 6.25. The molecule has 0 amide bonds. The Morgan fingerprint density at radius 3 is 2.30 bits per heavy atom. The maximum absolute atomic E-state index is 6.25. The SMILES string of the molecule is COc1cc(N)c2nc(C34CC5CC(CC(C5)C3)C4)ccc2c1. The minimum atomic E-state index is 0.329. The number of nitrogens with zero attached hydrogens (tertiary/aromatic N) is 1. The second-order valence-corrected chi connectivity index (χ2v) is 8.18. The topological polar surface area (TPSA) is 48.1 Å². The monoisotopic (exact) mass is 308 g/mol. The molecular weight excluding hydrogens is 284 g/mol. The number of anilines is 1. The molecule has 4 fully saturated rings. The molecule has 0 unspecified atom stereocenters. The van der Waals surface area contributed by atoms with Gasteiger partial charge in [-0.05, 0) is 68.4 Å². The Morgan fingerprint density at radius 1 is 1.04 bits per heavy atom. The van der Waals surface area contributed by atoms with Gasteiger partial charge in [-0.25, -0.2) is 0 Å². The van der Waals surface area contributed by atoms with Crippen LogP contribution in [-0.2, 0) is 5.41 Å². The van der Waals surface area contributed by atoms with E-state index in [4.69, 9.17) is 15.5 Å². The van der Waals surface area contributed by atoms with Gasteiger partial charge in [0.2, 0.25) is 0 Å². The van der Waals surface area contributed by atoms with E-state index in [1.165, 1.54) is 44.2 Å². The third-order valence-electron chi connectivity index (χ3n) is 6.61. The van der Waals surface area contributed by atoms with Gasteiger partial charge in [-0.15, -0.1) is 0 Å². The summed E-state index contributed by atoms with van der Waals surface area (Å²) >= 11 is 0. The van der Waals surface area contributed by atoms with Crippen LogP contribution in [0.4, 0.5) is 5.69 Å². The first-order chi connectivity index (χ1) is 11.1. The van der Waals surface area contributed by atoms with Crippen molar-refractivity contribution >= 4 is 16.6 Å². The lowest BCUT2D eigenvalue weighted by Gasteiger charge is -2.56. The number of pyridine rings is 1. The van der Waals surface area contributed by atoms with Crippen LogP contribution in [0.15, 0.2) is 24.3 Å². The molecule has 3 heteroatoms. The van der Waals surface area contributed by atoms with Crippen LogP contribution in [0.25, 0.3) is 10.9 Å². The van der Waals surface area contributed by atoms with Crippen molar-refractivity contribution in [2.75, 3.05) is 12.8 Å². The maximum Gasteiger partial charge on any atom is 0.121 e. The van der Waals surface area contributed by atoms with Gasteiger partial charge in [-0.2, -0.15) is 0 Å². The zero-order valence-corrected chi connectivity index (χ0v) is 13.7. The van der Waals surface area contributed by atoms with E-state index in [-0.39, 0.29) is 0 Å². The van der Waals surface area contributed by atoms with Crippen LogP contribution in [0.3, 0.4) is 0 Å². The predicted octanol–water partition coefficient (Wildman–Crippen LogP) is 4.29. The van der Waals surface area contributed by atoms with Crippen LogP contribution in [0.2, 0.25) is 0 Å². The van der Waals surface area contributed by atoms with E-state index >= 15 is 0 Å². The van der Waals surface area contributed by atoms with Crippen LogP contribution in [0, 0.1) is 17.8 Å². The van der Waals surface area contributed by atoms with E-state index in [1.54, 1.807) is 7.11 Å². The fourth-order valence-electron chi connectivity index (χ4n) is 6.07. The van der Waals surface area contributed by atoms with Crippen molar-refractivity contribution in [3.63, 3.8) is 0 Å². The molecule has 0 spiro atoms. The minimum Gasteiger partial charge on any atom is -0.497 e. The molecule has 1 aromatic carbocycles. The molecule has 6 rings (SSSR count). The molecule has 3 nitrogen and oxygen atoms in total. The Kier molecular flexibility index (Phi) is 2.74. The lowest BCUT2D eigenvalue weighted by molar-refractivity contribution is -0.00705. The van der Waals surface area contributed by atoms with E-state index in [2.05, 4.69) is 12.1 Å². The highest BCUT2D eigenvalue weighted by Crippen LogP contribution is 2.60. The second-order valence-electron chi connectivity index (χ2n) is 8.18. The Bertz CT molecular complexity index is 747. The van der Waals surface area contributed by atoms with Gasteiger partial charge in [0.15, 0.2) is 0 Å². The highest BCUT2D eigenvalue weighted by atomic mass is 16.5. The first-order valence-corrected chi connectivity index (χ1v) is 8.90. The number of hydrogen-bond donors (Lipinski definition) is 1. The summed E-state index contributed by atoms with van der Waals surface area (Å²) in [5.74, 6) is 3.62. The zero-order valence-electron chi connectivity index (χ0n) is 13.7. The second kappa shape index (κ2) is 4.62. The number of benzene rings is 1. The Balaban J connectivity index is 1.62. The van der Waals surface area contributed by atoms with Gasteiger partial charge in [0.05, 0.1) is 18.3 Å². The molecule has 4 bridgehead atoms. The van der Waals surface area contributed by atoms with Crippen molar-refractivity contribution in [1.29, 1.82) is 0 Å². The average molecular weight is 308 g/mol. The Labute approximate surface area is 137 Å². The van der Waals surface area contributed by atoms with Crippen molar-refractivity contribution in [2.24, 2.45) is 17.8 Å². The van der Waals surface area contributed by atoms with E-state index < -0.39 is 0 Å². The van der Waals surface area contributed by atoms with Gasteiger partial charge in [0.1, 0.15) is 5.75 Å². The van der Waals surface area contributed by atoms with Crippen molar-refractivity contribution in [3.8, 4) is 5.75 Å². The van der Waals surface area contributed by atoms with Crippen LogP contribution < -0.4 is 10.5 Å². The van der Waals surface area contributed by atoms with Crippen molar-refractivity contribution in [2.45, 2.75) is 43.9 Å². The zero-order chi connectivity index (χ0) is 15.6. The summed E-state index contributed by atoms with van der Waals surface area (Å²) in [6.45, 7) is 0. The molecule has 0 radical (unpaired) electrons. The van der Waals surface area contributed by atoms with Crippen LogP contribution in [0.1, 0.15) is 44.2 Å². The summed E-state index contributed by atoms with van der Waals surface area (Å²) in [4.78, 5) is 5.06. The van der Waals surface area contributed by atoms with Gasteiger partial charge < -0.3 is 10.5 Å². The van der Waals surface area contributed by atoms with Crippen LogP contribution in [-0.4, -0.2) is 12.1 Å². The summed E-state index contributed by atoms with van der Waals surface area (Å²) in [7, 11) is 1.68. The first-order valence-electron chi connectivity index (χ1n) is 8.90. The van der Waals surface area contributed by atoms with Gasteiger partial charge in [-0.1, -0.05) is 6.07 Å². The highest BCUT2D eigenvalue weighted by molar-refractivity contribution is 5.91. The van der Waals surface area contributed by atoms with E-state index in [1.807, 2.05) is 12.1 Å². The lowest BCUT2D eigenvalue weighted by Crippen LogP contribution is -2.48. The summed E-state index contributed by atoms with van der Waals surface area (Å²) in [5, 5.41) is 1.08. The number of nitrogens with two attached hydrogens (primary N) is 1.